The van der Waals surface area contributed by atoms with Gasteiger partial charge in [0.05, 0.1) is 23.7 Å². The first kappa shape index (κ1) is 19.3. The second kappa shape index (κ2) is 8.38. The van der Waals surface area contributed by atoms with E-state index in [0.29, 0.717) is 11.4 Å². The molecular formula is C20H19F2IN2. The van der Waals surface area contributed by atoms with Crippen molar-refractivity contribution >= 4 is 33.9 Å². The third-order valence-corrected chi connectivity index (χ3v) is 4.65. The molecule has 0 fully saturated rings. The molecule has 1 aromatic heterocycles. The summed E-state index contributed by atoms with van der Waals surface area (Å²) in [5.74, 6) is -1.39. The number of halogens is 3. The zero-order chi connectivity index (χ0) is 18.6. The maximum absolute atomic E-state index is 14.3. The first-order chi connectivity index (χ1) is 12.0. The summed E-state index contributed by atoms with van der Waals surface area (Å²) >= 11 is 2.17. The first-order valence-electron chi connectivity index (χ1n) is 7.90. The van der Waals surface area contributed by atoms with Crippen LogP contribution < -0.4 is 0 Å². The van der Waals surface area contributed by atoms with E-state index in [-0.39, 0.29) is 5.56 Å². The van der Waals surface area contributed by atoms with Crippen LogP contribution in [0.1, 0.15) is 25.0 Å². The minimum absolute atomic E-state index is 0.0948. The fourth-order valence-corrected chi connectivity index (χ4v) is 3.21. The van der Waals surface area contributed by atoms with Crippen molar-refractivity contribution < 1.29 is 8.78 Å². The molecule has 0 radical (unpaired) electrons. The van der Waals surface area contributed by atoms with Crippen LogP contribution in [0.25, 0.3) is 11.3 Å². The molecule has 0 saturated carbocycles. The largest absolute Gasteiger partial charge is 0.343 e. The Morgan fingerprint density at radius 2 is 1.60 bits per heavy atom. The van der Waals surface area contributed by atoms with Crippen molar-refractivity contribution in [1.29, 1.82) is 0 Å². The lowest BCUT2D eigenvalue weighted by molar-refractivity contribution is 0.543. The normalized spacial score (nSPS) is 14.1. The van der Waals surface area contributed by atoms with Crippen LogP contribution in [0.5, 0.6) is 0 Å². The number of benzene rings is 1. The molecule has 2 heterocycles. The summed E-state index contributed by atoms with van der Waals surface area (Å²) in [4.78, 5) is 5.28. The van der Waals surface area contributed by atoms with E-state index in [1.54, 1.807) is 11.9 Å². The van der Waals surface area contributed by atoms with Gasteiger partial charge in [-0.3, -0.25) is 4.98 Å². The average molecular weight is 452 g/mol. The Kier molecular flexibility index (Phi) is 6.47. The number of nitrogens with zero attached hydrogens (tertiary/aromatic N) is 2. The minimum atomic E-state index is -0.696. The smallest absolute Gasteiger partial charge is 0.153 e. The van der Waals surface area contributed by atoms with Gasteiger partial charge in [0, 0.05) is 21.9 Å². The standard InChI is InChI=1S/C18H13F2IN2.C2H6/c1-11-16(21)8-13(12-6-4-3-5-7-12)18(23(11)2)17-14(19)9-22-10-15(17)20;1-2/h3-10H,1H2,2H3;1-2H3. The number of aromatic nitrogens is 1. The zero-order valence-electron chi connectivity index (χ0n) is 14.4. The predicted octanol–water partition coefficient (Wildman–Crippen LogP) is 6.03. The van der Waals surface area contributed by atoms with Crippen LogP contribution in [0.4, 0.5) is 8.78 Å². The molecule has 1 aromatic carbocycles. The summed E-state index contributed by atoms with van der Waals surface area (Å²) in [7, 11) is 1.76. The highest BCUT2D eigenvalue weighted by Gasteiger charge is 2.27. The molecule has 0 unspecified atom stereocenters. The van der Waals surface area contributed by atoms with Crippen molar-refractivity contribution in [3.05, 3.63) is 87.4 Å². The molecule has 2 nitrogen and oxygen atoms in total. The van der Waals surface area contributed by atoms with Gasteiger partial charge in [0.25, 0.3) is 0 Å². The van der Waals surface area contributed by atoms with Gasteiger partial charge in [-0.25, -0.2) is 8.78 Å². The van der Waals surface area contributed by atoms with E-state index in [4.69, 9.17) is 0 Å². The summed E-state index contributed by atoms with van der Waals surface area (Å²) in [5, 5.41) is 0. The molecular weight excluding hydrogens is 433 g/mol. The molecule has 0 aliphatic carbocycles. The minimum Gasteiger partial charge on any atom is -0.343 e. The third-order valence-electron chi connectivity index (χ3n) is 3.72. The van der Waals surface area contributed by atoms with E-state index in [2.05, 4.69) is 34.2 Å². The maximum atomic E-state index is 14.3. The molecule has 25 heavy (non-hydrogen) atoms. The van der Waals surface area contributed by atoms with Crippen molar-refractivity contribution in [1.82, 2.24) is 9.88 Å². The molecule has 1 aliphatic rings. The zero-order valence-corrected chi connectivity index (χ0v) is 16.5. The molecule has 3 rings (SSSR count). The Balaban J connectivity index is 0.00000109. The number of pyridine rings is 1. The lowest BCUT2D eigenvalue weighted by Gasteiger charge is -2.31. The number of likely N-dealkylation sites (N-methyl/N-ethyl adjacent to an activating group) is 1. The Morgan fingerprint density at radius 1 is 1.04 bits per heavy atom. The molecule has 0 N–H and O–H groups in total. The van der Waals surface area contributed by atoms with E-state index in [1.807, 2.05) is 50.3 Å². The van der Waals surface area contributed by atoms with Crippen molar-refractivity contribution in [3.8, 4) is 0 Å². The molecule has 5 heteroatoms. The summed E-state index contributed by atoms with van der Waals surface area (Å²) in [5.41, 5.74) is 2.66. The lowest BCUT2D eigenvalue weighted by atomic mass is 9.95. The fourth-order valence-electron chi connectivity index (χ4n) is 2.53. The van der Waals surface area contributed by atoms with E-state index in [1.165, 1.54) is 0 Å². The average Bonchev–Trinajstić information content (AvgIpc) is 2.63. The Bertz CT molecular complexity index is 822. The number of rotatable bonds is 2. The van der Waals surface area contributed by atoms with E-state index in [9.17, 15) is 8.78 Å². The monoisotopic (exact) mass is 452 g/mol. The second-order valence-electron chi connectivity index (χ2n) is 5.10. The topological polar surface area (TPSA) is 16.1 Å². The molecule has 130 valence electrons. The lowest BCUT2D eigenvalue weighted by Crippen LogP contribution is -2.22. The highest BCUT2D eigenvalue weighted by atomic mass is 127. The van der Waals surface area contributed by atoms with Crippen LogP contribution in [0.3, 0.4) is 0 Å². The van der Waals surface area contributed by atoms with Gasteiger partial charge in [0.15, 0.2) is 11.6 Å². The molecule has 0 saturated heterocycles. The summed E-state index contributed by atoms with van der Waals surface area (Å²) in [6, 6.07) is 9.51. The molecule has 0 amide bonds. The van der Waals surface area contributed by atoms with Crippen LogP contribution in [0, 0.1) is 11.6 Å². The van der Waals surface area contributed by atoms with Gasteiger partial charge in [-0.15, -0.1) is 0 Å². The maximum Gasteiger partial charge on any atom is 0.153 e. The number of allylic oxidation sites excluding steroid dienone is 3. The van der Waals surface area contributed by atoms with Gasteiger partial charge in [0.2, 0.25) is 0 Å². The van der Waals surface area contributed by atoms with Crippen molar-refractivity contribution in [3.63, 3.8) is 0 Å². The van der Waals surface area contributed by atoms with E-state index < -0.39 is 11.6 Å². The highest BCUT2D eigenvalue weighted by molar-refractivity contribution is 14.1. The van der Waals surface area contributed by atoms with Gasteiger partial charge in [-0.05, 0) is 34.2 Å². The van der Waals surface area contributed by atoms with Gasteiger partial charge >= 0.3 is 0 Å². The number of hydrogen-bond donors (Lipinski definition) is 0. The Hall–Kier alpha value is -2.02. The first-order valence-corrected chi connectivity index (χ1v) is 8.98. The van der Waals surface area contributed by atoms with E-state index >= 15 is 0 Å². The second-order valence-corrected chi connectivity index (χ2v) is 6.27. The molecule has 0 bridgehead atoms. The quantitative estimate of drug-likeness (QED) is 0.518. The summed E-state index contributed by atoms with van der Waals surface area (Å²) in [6.45, 7) is 7.99. The van der Waals surface area contributed by atoms with Crippen LogP contribution in [0.15, 0.2) is 64.7 Å². The Morgan fingerprint density at radius 3 is 2.16 bits per heavy atom. The van der Waals surface area contributed by atoms with Gasteiger partial charge in [-0.2, -0.15) is 0 Å². The van der Waals surface area contributed by atoms with Gasteiger partial charge < -0.3 is 4.90 Å². The summed E-state index contributed by atoms with van der Waals surface area (Å²) < 4.78 is 29.5. The fraction of sp³-hybridized carbons (Fsp3) is 0.150. The van der Waals surface area contributed by atoms with E-state index in [0.717, 1.165) is 27.1 Å². The number of hydrogen-bond acceptors (Lipinski definition) is 2. The highest BCUT2D eigenvalue weighted by Crippen LogP contribution is 2.41. The van der Waals surface area contributed by atoms with Crippen molar-refractivity contribution in [2.24, 2.45) is 0 Å². The summed E-state index contributed by atoms with van der Waals surface area (Å²) in [6.07, 6.45) is 3.94. The molecule has 0 spiro atoms. The van der Waals surface area contributed by atoms with Crippen molar-refractivity contribution in [2.45, 2.75) is 13.8 Å². The van der Waals surface area contributed by atoms with Crippen LogP contribution >= 0.6 is 22.6 Å². The van der Waals surface area contributed by atoms with Crippen LogP contribution in [0.2, 0.25) is 0 Å². The third kappa shape index (κ3) is 3.81. The predicted molar refractivity (Wildman–Crippen MR) is 108 cm³/mol. The van der Waals surface area contributed by atoms with Gasteiger partial charge in [-0.1, -0.05) is 50.8 Å². The van der Waals surface area contributed by atoms with Crippen LogP contribution in [-0.2, 0) is 0 Å². The van der Waals surface area contributed by atoms with Gasteiger partial charge in [0.1, 0.15) is 0 Å². The van der Waals surface area contributed by atoms with Crippen molar-refractivity contribution in [2.75, 3.05) is 7.05 Å². The SMILES string of the molecule is C=C1C(I)=CC(c2ccccc2)=C(c2c(F)cncc2F)N1C.CC. The molecule has 2 aromatic rings. The Labute approximate surface area is 160 Å². The molecule has 0 atom stereocenters. The van der Waals surface area contributed by atoms with Crippen LogP contribution in [-0.4, -0.2) is 16.9 Å². The molecule has 1 aliphatic heterocycles.